The highest BCUT2D eigenvalue weighted by Crippen LogP contribution is 2.45. The number of benzene rings is 2. The molecule has 0 aliphatic carbocycles. The number of hydrogen-bond acceptors (Lipinski definition) is 6. The highest BCUT2D eigenvalue weighted by Gasteiger charge is 2.32. The van der Waals surface area contributed by atoms with Crippen LogP contribution in [0.3, 0.4) is 0 Å². The lowest BCUT2D eigenvalue weighted by atomic mass is 10.1. The van der Waals surface area contributed by atoms with Gasteiger partial charge in [-0.2, -0.15) is 0 Å². The molecule has 2 heterocycles. The topological polar surface area (TPSA) is 69.6 Å². The van der Waals surface area contributed by atoms with Crippen LogP contribution in [-0.2, 0) is 11.3 Å². The lowest BCUT2D eigenvalue weighted by Gasteiger charge is -2.20. The number of aliphatic carboxylic acids is 1. The molecular formula is C25H30N2O3S2. The number of hydrogen-bond donors (Lipinski definition) is 2. The molecule has 2 aromatic carbocycles. The summed E-state index contributed by atoms with van der Waals surface area (Å²) < 4.78 is 1.93. The first kappa shape index (κ1) is 25.6. The van der Waals surface area contributed by atoms with Crippen molar-refractivity contribution in [3.05, 3.63) is 71.1 Å². The molecule has 0 amide bonds. The first-order valence-electron chi connectivity index (χ1n) is 10.6. The van der Waals surface area contributed by atoms with Crippen molar-refractivity contribution >= 4 is 41.2 Å². The molecule has 0 saturated carbocycles. The second kappa shape index (κ2) is 13.1. The Balaban J connectivity index is 0.000000304. The second-order valence-electron chi connectivity index (χ2n) is 6.68. The predicted molar refractivity (Wildman–Crippen MR) is 136 cm³/mol. The van der Waals surface area contributed by atoms with Crippen molar-refractivity contribution < 1.29 is 14.7 Å². The number of rotatable bonds is 6. The van der Waals surface area contributed by atoms with Gasteiger partial charge in [0.2, 0.25) is 0 Å². The maximum atomic E-state index is 11.3. The van der Waals surface area contributed by atoms with Gasteiger partial charge in [0.1, 0.15) is 12.3 Å². The summed E-state index contributed by atoms with van der Waals surface area (Å²) in [4.78, 5) is 25.5. The van der Waals surface area contributed by atoms with Crippen LogP contribution in [0.1, 0.15) is 42.4 Å². The molecule has 1 aliphatic rings. The van der Waals surface area contributed by atoms with E-state index in [1.807, 2.05) is 86.7 Å². The highest BCUT2D eigenvalue weighted by molar-refractivity contribution is 7.97. The molecule has 0 saturated heterocycles. The SMILES string of the molecule is CC.CCC(C(=O)O)N1Cc2sc(-c3ccc(C=O)cc3)cc2S1.CNc1ccccc1. The van der Waals surface area contributed by atoms with E-state index in [2.05, 4.69) is 11.4 Å². The van der Waals surface area contributed by atoms with Crippen molar-refractivity contribution in [1.82, 2.24) is 4.31 Å². The number of nitrogens with one attached hydrogen (secondary N) is 1. The molecule has 0 spiro atoms. The van der Waals surface area contributed by atoms with E-state index in [4.69, 9.17) is 0 Å². The van der Waals surface area contributed by atoms with Crippen molar-refractivity contribution in [2.75, 3.05) is 12.4 Å². The Kier molecular flexibility index (Phi) is 10.5. The third-order valence-corrected chi connectivity index (χ3v) is 7.18. The lowest BCUT2D eigenvalue weighted by Crippen LogP contribution is -2.33. The zero-order chi connectivity index (χ0) is 23.5. The second-order valence-corrected chi connectivity index (χ2v) is 8.91. The number of fused-ring (bicyclic) bond motifs is 1. The van der Waals surface area contributed by atoms with Gasteiger partial charge in [-0.3, -0.25) is 9.59 Å². The van der Waals surface area contributed by atoms with Crippen molar-refractivity contribution in [2.45, 2.75) is 44.7 Å². The van der Waals surface area contributed by atoms with Gasteiger partial charge in [-0.05, 0) is 42.1 Å². The molecule has 0 bridgehead atoms. The summed E-state index contributed by atoms with van der Waals surface area (Å²) in [5, 5.41) is 12.3. The van der Waals surface area contributed by atoms with Gasteiger partial charge in [0.05, 0.1) is 0 Å². The van der Waals surface area contributed by atoms with Gasteiger partial charge in [-0.25, -0.2) is 4.31 Å². The quantitative estimate of drug-likeness (QED) is 0.310. The number of carbonyl (C=O) groups is 2. The Morgan fingerprint density at radius 1 is 1.16 bits per heavy atom. The Bertz CT molecular complexity index is 965. The lowest BCUT2D eigenvalue weighted by molar-refractivity contribution is -0.141. The minimum Gasteiger partial charge on any atom is -0.480 e. The Morgan fingerprint density at radius 3 is 2.28 bits per heavy atom. The van der Waals surface area contributed by atoms with Gasteiger partial charge < -0.3 is 10.4 Å². The molecule has 32 heavy (non-hydrogen) atoms. The fourth-order valence-corrected chi connectivity index (χ4v) is 5.65. The molecule has 1 unspecified atom stereocenters. The molecule has 3 aromatic rings. The van der Waals surface area contributed by atoms with Crippen LogP contribution in [0.2, 0.25) is 0 Å². The molecule has 1 aliphatic heterocycles. The fraction of sp³-hybridized carbons (Fsp3) is 0.280. The monoisotopic (exact) mass is 470 g/mol. The number of aldehydes is 1. The number of anilines is 1. The van der Waals surface area contributed by atoms with E-state index < -0.39 is 12.0 Å². The Morgan fingerprint density at radius 2 is 1.81 bits per heavy atom. The molecule has 170 valence electrons. The van der Waals surface area contributed by atoms with Crippen LogP contribution in [0.4, 0.5) is 5.69 Å². The fourth-order valence-electron chi connectivity index (χ4n) is 3.05. The van der Waals surface area contributed by atoms with E-state index in [1.54, 1.807) is 11.3 Å². The van der Waals surface area contributed by atoms with Gasteiger partial charge in [-0.1, -0.05) is 63.2 Å². The Labute approximate surface area is 198 Å². The number of thiophene rings is 1. The number of carbonyl (C=O) groups excluding carboxylic acids is 1. The Hall–Kier alpha value is -2.61. The molecule has 1 aromatic heterocycles. The third kappa shape index (κ3) is 6.69. The van der Waals surface area contributed by atoms with Gasteiger partial charge in [0.15, 0.2) is 0 Å². The zero-order valence-corrected chi connectivity index (χ0v) is 20.5. The summed E-state index contributed by atoms with van der Waals surface area (Å²) >= 11 is 3.22. The van der Waals surface area contributed by atoms with Gasteiger partial charge >= 0.3 is 5.97 Å². The summed E-state index contributed by atoms with van der Waals surface area (Å²) in [7, 11) is 1.91. The summed E-state index contributed by atoms with van der Waals surface area (Å²) in [6, 6.07) is 19.2. The van der Waals surface area contributed by atoms with Crippen LogP contribution >= 0.6 is 23.3 Å². The van der Waals surface area contributed by atoms with Gasteiger partial charge in [-0.15, -0.1) is 11.3 Å². The van der Waals surface area contributed by atoms with Crippen LogP contribution in [-0.4, -0.2) is 34.8 Å². The summed E-state index contributed by atoms with van der Waals surface area (Å²) in [6.07, 6.45) is 1.43. The van der Waals surface area contributed by atoms with Crippen LogP contribution in [0.25, 0.3) is 10.4 Å². The van der Waals surface area contributed by atoms with E-state index in [-0.39, 0.29) is 0 Å². The van der Waals surface area contributed by atoms with Crippen molar-refractivity contribution in [2.24, 2.45) is 0 Å². The molecule has 4 rings (SSSR count). The van der Waals surface area contributed by atoms with Crippen LogP contribution < -0.4 is 5.32 Å². The first-order valence-corrected chi connectivity index (χ1v) is 12.2. The minimum absolute atomic E-state index is 0.445. The maximum Gasteiger partial charge on any atom is 0.321 e. The van der Waals surface area contributed by atoms with E-state index in [0.29, 0.717) is 18.5 Å². The van der Waals surface area contributed by atoms with Crippen molar-refractivity contribution in [3.63, 3.8) is 0 Å². The maximum absolute atomic E-state index is 11.3. The molecule has 2 N–H and O–H groups in total. The smallest absolute Gasteiger partial charge is 0.321 e. The molecule has 0 fully saturated rings. The largest absolute Gasteiger partial charge is 0.480 e. The van der Waals surface area contributed by atoms with Gasteiger partial charge in [0, 0.05) is 39.5 Å². The normalized spacial score (nSPS) is 13.0. The molecule has 0 radical (unpaired) electrons. The molecule has 1 atom stereocenters. The standard InChI is InChI=1S/C16H15NO3S2.C7H9N.C2H6/c1-2-12(16(19)20)17-8-15-14(22-17)7-13(21-15)11-5-3-10(9-18)4-6-11;1-8-7-5-3-2-4-6-7;1-2/h3-7,9,12H,2,8H2,1H3,(H,19,20);2-6,8H,1H3;1-2H3. The minimum atomic E-state index is -0.769. The number of carboxylic acids is 1. The van der Waals surface area contributed by atoms with Crippen LogP contribution in [0.15, 0.2) is 65.6 Å². The summed E-state index contributed by atoms with van der Waals surface area (Å²) in [5.74, 6) is -0.769. The zero-order valence-electron chi connectivity index (χ0n) is 18.9. The summed E-state index contributed by atoms with van der Waals surface area (Å²) in [5.41, 5.74) is 2.91. The van der Waals surface area contributed by atoms with Crippen molar-refractivity contribution in [1.29, 1.82) is 0 Å². The first-order chi connectivity index (χ1) is 15.5. The van der Waals surface area contributed by atoms with E-state index in [9.17, 15) is 14.7 Å². The average Bonchev–Trinajstić information content (AvgIpc) is 3.41. The number of carboxylic acid groups (broad SMARTS) is 1. The van der Waals surface area contributed by atoms with Crippen molar-refractivity contribution in [3.8, 4) is 10.4 Å². The molecule has 5 nitrogen and oxygen atoms in total. The third-order valence-electron chi connectivity index (χ3n) is 4.70. The predicted octanol–water partition coefficient (Wildman–Crippen LogP) is 6.67. The van der Waals surface area contributed by atoms with Gasteiger partial charge in [0.25, 0.3) is 0 Å². The number of para-hydroxylation sites is 1. The average molecular weight is 471 g/mol. The van der Waals surface area contributed by atoms with E-state index >= 15 is 0 Å². The van der Waals surface area contributed by atoms with E-state index in [0.717, 1.165) is 27.3 Å². The van der Waals surface area contributed by atoms with Crippen LogP contribution in [0, 0.1) is 0 Å². The van der Waals surface area contributed by atoms with E-state index in [1.165, 1.54) is 16.8 Å². The number of nitrogens with zero attached hydrogens (tertiary/aromatic N) is 1. The van der Waals surface area contributed by atoms with Crippen LogP contribution in [0.5, 0.6) is 0 Å². The summed E-state index contributed by atoms with van der Waals surface area (Å²) in [6.45, 7) is 6.56. The highest BCUT2D eigenvalue weighted by atomic mass is 32.2. The molecule has 7 heteroatoms. The molecular weight excluding hydrogens is 440 g/mol.